The second-order valence-electron chi connectivity index (χ2n) is 6.45. The quantitative estimate of drug-likeness (QED) is 0.665. The summed E-state index contributed by atoms with van der Waals surface area (Å²) in [7, 11) is -1.94. The highest BCUT2D eigenvalue weighted by molar-refractivity contribution is 7.92. The SMILES string of the molecule is CCc1ccc(N(CC(=O)Nc2ccc3c(c2)sc(=O)n3C)S(C)(=O)=O)cc1. The first kappa shape index (κ1) is 20.1. The van der Waals surface area contributed by atoms with Crippen molar-refractivity contribution < 1.29 is 13.2 Å². The van der Waals surface area contributed by atoms with Crippen molar-refractivity contribution in [3.8, 4) is 0 Å². The molecule has 1 N–H and O–H groups in total. The highest BCUT2D eigenvalue weighted by Gasteiger charge is 2.21. The van der Waals surface area contributed by atoms with Crippen LogP contribution < -0.4 is 14.5 Å². The van der Waals surface area contributed by atoms with Gasteiger partial charge in [-0.3, -0.25) is 13.9 Å². The highest BCUT2D eigenvalue weighted by Crippen LogP contribution is 2.22. The number of carbonyl (C=O) groups is 1. The van der Waals surface area contributed by atoms with Crippen molar-refractivity contribution in [1.29, 1.82) is 0 Å². The van der Waals surface area contributed by atoms with Gasteiger partial charge in [0.25, 0.3) is 0 Å². The van der Waals surface area contributed by atoms with Gasteiger partial charge in [0.05, 0.1) is 22.2 Å². The lowest BCUT2D eigenvalue weighted by atomic mass is 10.1. The zero-order valence-electron chi connectivity index (χ0n) is 15.8. The van der Waals surface area contributed by atoms with Crippen LogP contribution in [0.1, 0.15) is 12.5 Å². The monoisotopic (exact) mass is 419 g/mol. The molecule has 28 heavy (non-hydrogen) atoms. The average molecular weight is 420 g/mol. The van der Waals surface area contributed by atoms with Crippen molar-refractivity contribution in [3.05, 3.63) is 57.7 Å². The molecule has 9 heteroatoms. The summed E-state index contributed by atoms with van der Waals surface area (Å²) in [4.78, 5) is 24.2. The summed E-state index contributed by atoms with van der Waals surface area (Å²) < 4.78 is 27.8. The lowest BCUT2D eigenvalue weighted by Crippen LogP contribution is -2.37. The van der Waals surface area contributed by atoms with E-state index in [0.717, 1.165) is 44.1 Å². The van der Waals surface area contributed by atoms with Crippen LogP contribution in [0.5, 0.6) is 0 Å². The molecule has 3 aromatic rings. The topological polar surface area (TPSA) is 88.5 Å². The van der Waals surface area contributed by atoms with Gasteiger partial charge in [0, 0.05) is 12.7 Å². The summed E-state index contributed by atoms with van der Waals surface area (Å²) in [6, 6.07) is 12.2. The number of sulfonamides is 1. The van der Waals surface area contributed by atoms with E-state index < -0.39 is 15.9 Å². The summed E-state index contributed by atoms with van der Waals surface area (Å²) >= 11 is 1.09. The van der Waals surface area contributed by atoms with E-state index in [9.17, 15) is 18.0 Å². The molecule has 0 unspecified atom stereocenters. The number of benzene rings is 2. The number of rotatable bonds is 6. The Morgan fingerprint density at radius 2 is 1.86 bits per heavy atom. The first-order valence-electron chi connectivity index (χ1n) is 8.65. The van der Waals surface area contributed by atoms with Gasteiger partial charge in [0.2, 0.25) is 15.9 Å². The van der Waals surface area contributed by atoms with E-state index in [-0.39, 0.29) is 11.4 Å². The molecule has 0 saturated heterocycles. The standard InChI is InChI=1S/C19H21N3O4S2/c1-4-13-5-8-15(9-6-13)22(28(3,25)26)12-18(23)20-14-7-10-16-17(11-14)27-19(24)21(16)2/h5-11H,4,12H2,1-3H3,(H,20,23). The zero-order valence-corrected chi connectivity index (χ0v) is 17.4. The number of nitrogens with zero attached hydrogens (tertiary/aromatic N) is 2. The number of anilines is 2. The maximum absolute atomic E-state index is 12.5. The first-order valence-corrected chi connectivity index (χ1v) is 11.3. The van der Waals surface area contributed by atoms with Gasteiger partial charge in [-0.1, -0.05) is 30.4 Å². The molecular formula is C19H21N3O4S2. The summed E-state index contributed by atoms with van der Waals surface area (Å²) in [6.07, 6.45) is 1.91. The van der Waals surface area contributed by atoms with Crippen LogP contribution in [-0.2, 0) is 28.3 Å². The second-order valence-corrected chi connectivity index (χ2v) is 9.35. The average Bonchev–Trinajstić information content (AvgIpc) is 2.92. The summed E-state index contributed by atoms with van der Waals surface area (Å²) in [6.45, 7) is 1.67. The summed E-state index contributed by atoms with van der Waals surface area (Å²) in [5.41, 5.74) is 2.80. The van der Waals surface area contributed by atoms with Crippen LogP contribution in [0.15, 0.2) is 47.3 Å². The van der Waals surface area contributed by atoms with Crippen molar-refractivity contribution in [2.75, 3.05) is 22.4 Å². The van der Waals surface area contributed by atoms with Gasteiger partial charge in [-0.25, -0.2) is 8.42 Å². The molecule has 0 saturated carbocycles. The molecule has 1 heterocycles. The molecule has 0 spiro atoms. The van der Waals surface area contributed by atoms with Crippen molar-refractivity contribution in [1.82, 2.24) is 4.57 Å². The van der Waals surface area contributed by atoms with Crippen molar-refractivity contribution in [2.45, 2.75) is 13.3 Å². The molecule has 0 aliphatic rings. The minimum absolute atomic E-state index is 0.0859. The molecule has 0 atom stereocenters. The van der Waals surface area contributed by atoms with E-state index in [1.807, 2.05) is 19.1 Å². The number of fused-ring (bicyclic) bond motifs is 1. The Morgan fingerprint density at radius 3 is 2.46 bits per heavy atom. The van der Waals surface area contributed by atoms with Crippen LogP contribution in [0.25, 0.3) is 10.2 Å². The maximum Gasteiger partial charge on any atom is 0.307 e. The Balaban J connectivity index is 1.81. The fraction of sp³-hybridized carbons (Fsp3) is 0.263. The third-order valence-electron chi connectivity index (χ3n) is 4.40. The first-order chi connectivity index (χ1) is 13.2. The second kappa shape index (κ2) is 7.76. The Bertz CT molecular complexity index is 1180. The minimum Gasteiger partial charge on any atom is -0.324 e. The van der Waals surface area contributed by atoms with Crippen LogP contribution in [0.4, 0.5) is 11.4 Å². The fourth-order valence-electron chi connectivity index (χ4n) is 2.84. The van der Waals surface area contributed by atoms with Crippen LogP contribution in [0.2, 0.25) is 0 Å². The van der Waals surface area contributed by atoms with Crippen molar-refractivity contribution in [3.63, 3.8) is 0 Å². The highest BCUT2D eigenvalue weighted by atomic mass is 32.2. The van der Waals surface area contributed by atoms with Gasteiger partial charge in [-0.05, 0) is 42.3 Å². The van der Waals surface area contributed by atoms with Crippen LogP contribution in [0.3, 0.4) is 0 Å². The minimum atomic E-state index is -3.63. The molecule has 0 aliphatic heterocycles. The molecule has 148 valence electrons. The van der Waals surface area contributed by atoms with Crippen LogP contribution >= 0.6 is 11.3 Å². The van der Waals surface area contributed by atoms with Gasteiger partial charge < -0.3 is 9.88 Å². The lowest BCUT2D eigenvalue weighted by molar-refractivity contribution is -0.114. The Kier molecular flexibility index (Phi) is 5.57. The van der Waals surface area contributed by atoms with E-state index in [1.54, 1.807) is 37.4 Å². The molecule has 0 radical (unpaired) electrons. The Morgan fingerprint density at radius 1 is 1.18 bits per heavy atom. The van der Waals surface area contributed by atoms with E-state index in [2.05, 4.69) is 5.32 Å². The van der Waals surface area contributed by atoms with Gasteiger partial charge in [0.1, 0.15) is 6.54 Å². The van der Waals surface area contributed by atoms with E-state index >= 15 is 0 Å². The molecule has 0 aliphatic carbocycles. The maximum atomic E-state index is 12.5. The molecule has 1 aromatic heterocycles. The van der Waals surface area contributed by atoms with Gasteiger partial charge in [-0.15, -0.1) is 0 Å². The van der Waals surface area contributed by atoms with E-state index in [4.69, 9.17) is 0 Å². The number of hydrogen-bond donors (Lipinski definition) is 1. The molecule has 3 rings (SSSR count). The van der Waals surface area contributed by atoms with Crippen LogP contribution in [-0.4, -0.2) is 31.7 Å². The normalized spacial score (nSPS) is 11.5. The molecule has 7 nitrogen and oxygen atoms in total. The number of aromatic nitrogens is 1. The molecule has 1 amide bonds. The number of thiazole rings is 1. The van der Waals surface area contributed by atoms with Gasteiger partial charge in [-0.2, -0.15) is 0 Å². The third kappa shape index (κ3) is 4.26. The predicted molar refractivity (Wildman–Crippen MR) is 114 cm³/mol. The van der Waals surface area contributed by atoms with Gasteiger partial charge in [0.15, 0.2) is 0 Å². The fourth-order valence-corrected chi connectivity index (χ4v) is 4.62. The molecule has 2 aromatic carbocycles. The van der Waals surface area contributed by atoms with Crippen molar-refractivity contribution >= 4 is 48.9 Å². The molecular weight excluding hydrogens is 398 g/mol. The predicted octanol–water partition coefficient (Wildman–Crippen LogP) is 2.57. The number of carbonyl (C=O) groups excluding carboxylic acids is 1. The number of aryl methyl sites for hydroxylation is 2. The zero-order chi connectivity index (χ0) is 20.5. The van der Waals surface area contributed by atoms with Crippen LogP contribution in [0, 0.1) is 0 Å². The lowest BCUT2D eigenvalue weighted by Gasteiger charge is -2.22. The number of nitrogens with one attached hydrogen (secondary N) is 1. The molecule has 0 fully saturated rings. The van der Waals surface area contributed by atoms with Gasteiger partial charge >= 0.3 is 4.87 Å². The third-order valence-corrected chi connectivity index (χ3v) is 6.53. The largest absolute Gasteiger partial charge is 0.324 e. The van der Waals surface area contributed by atoms with Crippen molar-refractivity contribution in [2.24, 2.45) is 7.05 Å². The number of amides is 1. The smallest absolute Gasteiger partial charge is 0.307 e. The Labute approximate surface area is 167 Å². The Hall–Kier alpha value is -2.65. The number of hydrogen-bond acceptors (Lipinski definition) is 5. The summed E-state index contributed by atoms with van der Waals surface area (Å²) in [5, 5.41) is 2.71. The van der Waals surface area contributed by atoms with E-state index in [1.165, 1.54) is 4.57 Å². The molecule has 0 bridgehead atoms. The van der Waals surface area contributed by atoms with E-state index in [0.29, 0.717) is 11.4 Å². The summed E-state index contributed by atoms with van der Waals surface area (Å²) in [5.74, 6) is -0.465.